The standard InChI is InChI=1S/C16H21NO/c1-12(2)14-9-8-13(3)15(10-14)6-4-5-7-16(18)11-17/h8-10,12H,4-7H2,1-3H3. The maximum absolute atomic E-state index is 10.9. The van der Waals surface area contributed by atoms with Gasteiger partial charge in [0.2, 0.25) is 5.78 Å². The van der Waals surface area contributed by atoms with E-state index in [4.69, 9.17) is 5.26 Å². The van der Waals surface area contributed by atoms with Crippen LogP contribution in [0.5, 0.6) is 0 Å². The van der Waals surface area contributed by atoms with E-state index in [1.165, 1.54) is 16.7 Å². The lowest BCUT2D eigenvalue weighted by Gasteiger charge is -2.11. The van der Waals surface area contributed by atoms with Crippen molar-refractivity contribution in [3.63, 3.8) is 0 Å². The lowest BCUT2D eigenvalue weighted by molar-refractivity contribution is -0.114. The maximum Gasteiger partial charge on any atom is 0.231 e. The third-order valence-electron chi connectivity index (χ3n) is 3.26. The third kappa shape index (κ3) is 4.33. The fraction of sp³-hybridized carbons (Fsp3) is 0.500. The van der Waals surface area contributed by atoms with Gasteiger partial charge in [-0.15, -0.1) is 0 Å². The Kier molecular flexibility index (Phi) is 5.58. The Morgan fingerprint density at radius 2 is 2.06 bits per heavy atom. The number of nitriles is 1. The summed E-state index contributed by atoms with van der Waals surface area (Å²) in [6, 6.07) is 8.29. The van der Waals surface area contributed by atoms with Gasteiger partial charge in [0, 0.05) is 6.42 Å². The molecule has 0 saturated heterocycles. The Balaban J connectivity index is 2.54. The van der Waals surface area contributed by atoms with Crippen LogP contribution in [0.25, 0.3) is 0 Å². The lowest BCUT2D eigenvalue weighted by atomic mass is 9.95. The number of Topliss-reactive ketones (excluding diaryl/α,β-unsaturated/α-hetero) is 1. The van der Waals surface area contributed by atoms with Crippen LogP contribution in [0.2, 0.25) is 0 Å². The largest absolute Gasteiger partial charge is 0.283 e. The second-order valence-electron chi connectivity index (χ2n) is 5.08. The third-order valence-corrected chi connectivity index (χ3v) is 3.26. The number of aryl methyl sites for hydroxylation is 2. The monoisotopic (exact) mass is 243 g/mol. The van der Waals surface area contributed by atoms with Gasteiger partial charge in [-0.3, -0.25) is 4.79 Å². The maximum atomic E-state index is 10.9. The first-order chi connectivity index (χ1) is 8.54. The van der Waals surface area contributed by atoms with Crippen LogP contribution in [0.3, 0.4) is 0 Å². The van der Waals surface area contributed by atoms with Gasteiger partial charge < -0.3 is 0 Å². The van der Waals surface area contributed by atoms with Crippen molar-refractivity contribution in [3.8, 4) is 6.07 Å². The van der Waals surface area contributed by atoms with Crippen molar-refractivity contribution in [2.45, 2.75) is 52.4 Å². The number of nitrogens with zero attached hydrogens (tertiary/aromatic N) is 1. The molecule has 0 aliphatic carbocycles. The highest BCUT2D eigenvalue weighted by Gasteiger charge is 2.04. The van der Waals surface area contributed by atoms with E-state index >= 15 is 0 Å². The molecule has 0 aliphatic heterocycles. The summed E-state index contributed by atoms with van der Waals surface area (Å²) in [5, 5.41) is 8.39. The number of carbonyl (C=O) groups excluding carboxylic acids is 1. The van der Waals surface area contributed by atoms with E-state index < -0.39 is 0 Å². The molecule has 0 amide bonds. The zero-order valence-corrected chi connectivity index (χ0v) is 11.5. The first kappa shape index (κ1) is 14.4. The zero-order chi connectivity index (χ0) is 13.5. The minimum absolute atomic E-state index is 0.303. The number of hydrogen-bond acceptors (Lipinski definition) is 2. The summed E-state index contributed by atoms with van der Waals surface area (Å²) >= 11 is 0. The SMILES string of the molecule is Cc1ccc(C(C)C)cc1CCCCC(=O)C#N. The van der Waals surface area contributed by atoms with Gasteiger partial charge in [-0.2, -0.15) is 5.26 Å². The summed E-state index contributed by atoms with van der Waals surface area (Å²) in [6.07, 6.45) is 3.15. The minimum atomic E-state index is -0.303. The van der Waals surface area contributed by atoms with E-state index in [2.05, 4.69) is 39.0 Å². The molecule has 0 spiro atoms. The number of benzene rings is 1. The average molecular weight is 243 g/mol. The molecule has 0 heterocycles. The van der Waals surface area contributed by atoms with E-state index in [1.807, 2.05) is 0 Å². The Hall–Kier alpha value is -1.62. The second kappa shape index (κ2) is 6.96. The first-order valence-electron chi connectivity index (χ1n) is 6.57. The van der Waals surface area contributed by atoms with Crippen LogP contribution < -0.4 is 0 Å². The molecule has 0 radical (unpaired) electrons. The highest BCUT2D eigenvalue weighted by Crippen LogP contribution is 2.20. The number of rotatable bonds is 6. The predicted molar refractivity (Wildman–Crippen MR) is 73.4 cm³/mol. The Morgan fingerprint density at radius 1 is 1.33 bits per heavy atom. The smallest absolute Gasteiger partial charge is 0.231 e. The van der Waals surface area contributed by atoms with Crippen LogP contribution in [0.4, 0.5) is 0 Å². The minimum Gasteiger partial charge on any atom is -0.283 e. The molecule has 2 heteroatoms. The quantitative estimate of drug-likeness (QED) is 0.561. The number of carbonyl (C=O) groups is 1. The van der Waals surface area contributed by atoms with Gasteiger partial charge >= 0.3 is 0 Å². The molecule has 1 rings (SSSR count). The van der Waals surface area contributed by atoms with Crippen LogP contribution in [-0.4, -0.2) is 5.78 Å². The zero-order valence-electron chi connectivity index (χ0n) is 11.5. The van der Waals surface area contributed by atoms with Gasteiger partial charge in [-0.1, -0.05) is 32.0 Å². The summed E-state index contributed by atoms with van der Waals surface area (Å²) in [5.74, 6) is 0.243. The molecular weight excluding hydrogens is 222 g/mol. The van der Waals surface area contributed by atoms with Crippen molar-refractivity contribution < 1.29 is 4.79 Å². The Bertz CT molecular complexity index is 455. The van der Waals surface area contributed by atoms with E-state index in [0.717, 1.165) is 19.3 Å². The van der Waals surface area contributed by atoms with Gasteiger partial charge in [0.05, 0.1) is 0 Å². The predicted octanol–water partition coefficient (Wildman–Crippen LogP) is 3.92. The summed E-state index contributed by atoms with van der Waals surface area (Å²) < 4.78 is 0. The van der Waals surface area contributed by atoms with Crippen molar-refractivity contribution in [2.24, 2.45) is 0 Å². The summed E-state index contributed by atoms with van der Waals surface area (Å²) in [7, 11) is 0. The van der Waals surface area contributed by atoms with Crippen molar-refractivity contribution in [3.05, 3.63) is 34.9 Å². The van der Waals surface area contributed by atoms with Crippen molar-refractivity contribution in [1.82, 2.24) is 0 Å². The van der Waals surface area contributed by atoms with E-state index in [9.17, 15) is 4.79 Å². The van der Waals surface area contributed by atoms with Gasteiger partial charge in [0.15, 0.2) is 0 Å². The molecule has 0 atom stereocenters. The number of unbranched alkanes of at least 4 members (excludes halogenated alkanes) is 1. The van der Waals surface area contributed by atoms with Gasteiger partial charge in [-0.05, 0) is 48.8 Å². The normalized spacial score (nSPS) is 10.4. The molecule has 1 aromatic rings. The summed E-state index contributed by atoms with van der Waals surface area (Å²) in [6.45, 7) is 6.51. The van der Waals surface area contributed by atoms with Gasteiger partial charge in [-0.25, -0.2) is 0 Å². The fourth-order valence-electron chi connectivity index (χ4n) is 1.98. The number of ketones is 1. The highest BCUT2D eigenvalue weighted by molar-refractivity contribution is 5.93. The topological polar surface area (TPSA) is 40.9 Å². The Morgan fingerprint density at radius 3 is 2.67 bits per heavy atom. The molecule has 0 saturated carbocycles. The Labute approximate surface area is 110 Å². The van der Waals surface area contributed by atoms with Gasteiger partial charge in [0.25, 0.3) is 0 Å². The summed E-state index contributed by atoms with van der Waals surface area (Å²) in [4.78, 5) is 10.9. The molecule has 96 valence electrons. The molecule has 0 bridgehead atoms. The highest BCUT2D eigenvalue weighted by atomic mass is 16.1. The molecule has 1 aromatic carbocycles. The van der Waals surface area contributed by atoms with Gasteiger partial charge in [0.1, 0.15) is 6.07 Å². The van der Waals surface area contributed by atoms with Crippen LogP contribution in [0.15, 0.2) is 18.2 Å². The van der Waals surface area contributed by atoms with Crippen LogP contribution in [0.1, 0.15) is 55.7 Å². The van der Waals surface area contributed by atoms with Crippen molar-refractivity contribution in [1.29, 1.82) is 5.26 Å². The average Bonchev–Trinajstić information content (AvgIpc) is 2.35. The molecule has 0 fully saturated rings. The number of hydrogen-bond donors (Lipinski definition) is 0. The summed E-state index contributed by atoms with van der Waals surface area (Å²) in [5.41, 5.74) is 4.04. The van der Waals surface area contributed by atoms with E-state index in [1.54, 1.807) is 6.07 Å². The van der Waals surface area contributed by atoms with E-state index in [-0.39, 0.29) is 5.78 Å². The van der Waals surface area contributed by atoms with Crippen LogP contribution in [0, 0.1) is 18.3 Å². The second-order valence-corrected chi connectivity index (χ2v) is 5.08. The first-order valence-corrected chi connectivity index (χ1v) is 6.57. The van der Waals surface area contributed by atoms with Crippen LogP contribution in [-0.2, 0) is 11.2 Å². The molecule has 0 aromatic heterocycles. The molecule has 2 nitrogen and oxygen atoms in total. The van der Waals surface area contributed by atoms with Crippen LogP contribution >= 0.6 is 0 Å². The molecule has 0 unspecified atom stereocenters. The lowest BCUT2D eigenvalue weighted by Crippen LogP contribution is -1.97. The molecule has 0 N–H and O–H groups in total. The van der Waals surface area contributed by atoms with Crippen molar-refractivity contribution >= 4 is 5.78 Å². The molecule has 18 heavy (non-hydrogen) atoms. The van der Waals surface area contributed by atoms with E-state index in [0.29, 0.717) is 12.3 Å². The van der Waals surface area contributed by atoms with Crippen molar-refractivity contribution in [2.75, 3.05) is 0 Å². The molecule has 0 aliphatic rings. The fourth-order valence-corrected chi connectivity index (χ4v) is 1.98. The molecular formula is C16H21NO.